The van der Waals surface area contributed by atoms with Gasteiger partial charge in [0.2, 0.25) is 0 Å². The highest BCUT2D eigenvalue weighted by atomic mass is 16.3. The van der Waals surface area contributed by atoms with Gasteiger partial charge in [0.15, 0.2) is 0 Å². The van der Waals surface area contributed by atoms with Gasteiger partial charge >= 0.3 is 0 Å². The minimum Gasteiger partial charge on any atom is -0.380 e. The number of nitrogens with one attached hydrogen (secondary N) is 3. The molecule has 4 aromatic rings. The summed E-state index contributed by atoms with van der Waals surface area (Å²) >= 11 is 0. The minimum absolute atomic E-state index is 0.370. The number of fused-ring (bicyclic) bond motifs is 1. The normalized spacial score (nSPS) is 14.5. The van der Waals surface area contributed by atoms with Crippen molar-refractivity contribution in [2.24, 2.45) is 5.18 Å². The van der Waals surface area contributed by atoms with Crippen LogP contribution in [0, 0.1) is 25.7 Å². The lowest BCUT2D eigenvalue weighted by atomic mass is 10.0. The van der Waals surface area contributed by atoms with Crippen molar-refractivity contribution in [3.05, 3.63) is 70.4 Å². The van der Waals surface area contributed by atoms with E-state index < -0.39 is 0 Å². The Morgan fingerprint density at radius 1 is 0.909 bits per heavy atom. The molecule has 2 aromatic carbocycles. The van der Waals surface area contributed by atoms with Crippen LogP contribution in [0.1, 0.15) is 29.8 Å². The molecule has 0 spiro atoms. The fourth-order valence-corrected chi connectivity index (χ4v) is 4.88. The van der Waals surface area contributed by atoms with E-state index in [1.165, 1.54) is 10.9 Å². The fraction of sp³-hybridized carbons (Fsp3) is 0.296. The molecule has 5 rings (SSSR count). The topological polar surface area (TPSA) is 82.2 Å². The summed E-state index contributed by atoms with van der Waals surface area (Å²) in [4.78, 5) is 19.7. The number of rotatable bonds is 5. The summed E-state index contributed by atoms with van der Waals surface area (Å²) in [6, 6.07) is 16.9. The van der Waals surface area contributed by atoms with Crippen molar-refractivity contribution < 1.29 is 0 Å². The Kier molecular flexibility index (Phi) is 5.68. The first-order valence-corrected chi connectivity index (χ1v) is 11.5. The Hall–Kier alpha value is -3.51. The zero-order valence-corrected chi connectivity index (χ0v) is 19.3. The number of hydrogen-bond donors (Lipinski definition) is 3. The Morgan fingerprint density at radius 2 is 1.61 bits per heavy atom. The summed E-state index contributed by atoms with van der Waals surface area (Å²) < 4.78 is 0. The van der Waals surface area contributed by atoms with Crippen LogP contribution in [0.4, 0.5) is 11.4 Å². The number of H-pyrrole nitrogens is 1. The molecule has 33 heavy (non-hydrogen) atoms. The van der Waals surface area contributed by atoms with Gasteiger partial charge in [0.1, 0.15) is 5.69 Å². The molecule has 0 saturated carbocycles. The van der Waals surface area contributed by atoms with Crippen molar-refractivity contribution in [1.29, 1.82) is 0 Å². The van der Waals surface area contributed by atoms with E-state index in [2.05, 4.69) is 69.1 Å². The highest BCUT2D eigenvalue weighted by Gasteiger charge is 2.16. The SMILES string of the molecule is Cc1cc(-c2[nH]c3cc(-c4ccc(NC5CCNCC5)c(N=O)c4)ccc3c2C)cc(C)n1. The number of pyridine rings is 1. The molecule has 3 N–H and O–H groups in total. The van der Waals surface area contributed by atoms with Gasteiger partial charge in [-0.15, -0.1) is 4.91 Å². The molecule has 168 valence electrons. The van der Waals surface area contributed by atoms with Gasteiger partial charge in [0.25, 0.3) is 0 Å². The molecule has 1 saturated heterocycles. The van der Waals surface area contributed by atoms with Crippen molar-refractivity contribution in [3.8, 4) is 22.4 Å². The maximum absolute atomic E-state index is 11.6. The highest BCUT2D eigenvalue weighted by molar-refractivity contribution is 5.93. The van der Waals surface area contributed by atoms with E-state index in [9.17, 15) is 4.91 Å². The van der Waals surface area contributed by atoms with Crippen LogP contribution in [0.25, 0.3) is 33.3 Å². The van der Waals surface area contributed by atoms with Crippen LogP contribution in [0.5, 0.6) is 0 Å². The Labute approximate surface area is 193 Å². The molecule has 1 fully saturated rings. The lowest BCUT2D eigenvalue weighted by Crippen LogP contribution is -2.35. The van der Waals surface area contributed by atoms with E-state index in [-0.39, 0.29) is 0 Å². The number of nitroso groups, excluding NO2 is 1. The van der Waals surface area contributed by atoms with Gasteiger partial charge < -0.3 is 15.6 Å². The number of aromatic nitrogens is 2. The fourth-order valence-electron chi connectivity index (χ4n) is 4.88. The van der Waals surface area contributed by atoms with Crippen LogP contribution >= 0.6 is 0 Å². The summed E-state index contributed by atoms with van der Waals surface area (Å²) in [7, 11) is 0. The smallest absolute Gasteiger partial charge is 0.131 e. The van der Waals surface area contributed by atoms with E-state index in [1.54, 1.807) is 0 Å². The van der Waals surface area contributed by atoms with Crippen molar-refractivity contribution in [2.75, 3.05) is 18.4 Å². The number of piperidine rings is 1. The molecule has 0 amide bonds. The predicted molar refractivity (Wildman–Crippen MR) is 136 cm³/mol. The van der Waals surface area contributed by atoms with Gasteiger partial charge in [-0.1, -0.05) is 18.2 Å². The molecule has 0 unspecified atom stereocenters. The number of hydrogen-bond acceptors (Lipinski definition) is 5. The van der Waals surface area contributed by atoms with Gasteiger partial charge in [-0.25, -0.2) is 0 Å². The molecule has 1 aliphatic heterocycles. The van der Waals surface area contributed by atoms with E-state index in [0.717, 1.165) is 70.9 Å². The van der Waals surface area contributed by atoms with Gasteiger partial charge in [0, 0.05) is 39.6 Å². The van der Waals surface area contributed by atoms with Crippen LogP contribution in [-0.2, 0) is 0 Å². The van der Waals surface area contributed by atoms with Crippen LogP contribution < -0.4 is 10.6 Å². The third-order valence-electron chi connectivity index (χ3n) is 6.56. The van der Waals surface area contributed by atoms with Crippen LogP contribution in [0.2, 0.25) is 0 Å². The molecule has 0 atom stereocenters. The van der Waals surface area contributed by atoms with E-state index in [4.69, 9.17) is 0 Å². The predicted octanol–water partition coefficient (Wildman–Crippen LogP) is 6.38. The molecule has 6 heteroatoms. The molecule has 3 heterocycles. The summed E-state index contributed by atoms with van der Waals surface area (Å²) in [6.45, 7) is 8.18. The Balaban J connectivity index is 1.49. The average Bonchev–Trinajstić information content (AvgIpc) is 3.15. The van der Waals surface area contributed by atoms with Crippen LogP contribution in [0.3, 0.4) is 0 Å². The first-order valence-electron chi connectivity index (χ1n) is 11.5. The van der Waals surface area contributed by atoms with Crippen molar-refractivity contribution in [2.45, 2.75) is 39.7 Å². The summed E-state index contributed by atoms with van der Waals surface area (Å²) in [5, 5.41) is 11.4. The van der Waals surface area contributed by atoms with E-state index in [0.29, 0.717) is 11.7 Å². The van der Waals surface area contributed by atoms with Gasteiger partial charge in [0.05, 0.1) is 5.69 Å². The highest BCUT2D eigenvalue weighted by Crippen LogP contribution is 2.36. The van der Waals surface area contributed by atoms with E-state index >= 15 is 0 Å². The second-order valence-corrected chi connectivity index (χ2v) is 9.02. The summed E-state index contributed by atoms with van der Waals surface area (Å²) in [5.74, 6) is 0. The van der Waals surface area contributed by atoms with E-state index in [1.807, 2.05) is 26.0 Å². The third kappa shape index (κ3) is 4.26. The van der Waals surface area contributed by atoms with Crippen molar-refractivity contribution in [1.82, 2.24) is 15.3 Å². The average molecular weight is 440 g/mol. The second-order valence-electron chi connectivity index (χ2n) is 9.02. The molecule has 0 bridgehead atoms. The van der Waals surface area contributed by atoms with Gasteiger partial charge in [-0.2, -0.15) is 0 Å². The molecular formula is C27H29N5O. The molecule has 2 aromatic heterocycles. The third-order valence-corrected chi connectivity index (χ3v) is 6.56. The molecular weight excluding hydrogens is 410 g/mol. The van der Waals surface area contributed by atoms with Crippen molar-refractivity contribution >= 4 is 22.3 Å². The molecule has 0 aliphatic carbocycles. The van der Waals surface area contributed by atoms with Crippen LogP contribution in [-0.4, -0.2) is 29.1 Å². The van der Waals surface area contributed by atoms with Gasteiger partial charge in [-0.05, 0) is 98.9 Å². The minimum atomic E-state index is 0.370. The summed E-state index contributed by atoms with van der Waals surface area (Å²) in [6.07, 6.45) is 2.09. The number of benzene rings is 2. The first kappa shape index (κ1) is 21.3. The molecule has 1 aliphatic rings. The maximum Gasteiger partial charge on any atom is 0.131 e. The molecule has 0 radical (unpaired) electrons. The quantitative estimate of drug-likeness (QED) is 0.315. The largest absolute Gasteiger partial charge is 0.380 e. The van der Waals surface area contributed by atoms with Gasteiger partial charge in [-0.3, -0.25) is 4.98 Å². The number of aryl methyl sites for hydroxylation is 3. The van der Waals surface area contributed by atoms with Crippen LogP contribution in [0.15, 0.2) is 53.7 Å². The maximum atomic E-state index is 11.6. The molecule has 6 nitrogen and oxygen atoms in total. The Bertz CT molecular complexity index is 1310. The standard InChI is InChI=1S/C27H29N5O/c1-16-12-21(13-17(2)29-16)27-18(3)23-6-4-19(14-25(23)31-27)20-5-7-24(26(15-20)32-33)30-22-8-10-28-11-9-22/h4-7,12-15,22,28,30-31H,8-11H2,1-3H3. The number of nitrogens with zero attached hydrogens (tertiary/aromatic N) is 2. The number of aromatic amines is 1. The number of anilines is 1. The lowest BCUT2D eigenvalue weighted by Gasteiger charge is -2.25. The first-order chi connectivity index (χ1) is 16.0. The Morgan fingerprint density at radius 3 is 2.33 bits per heavy atom. The zero-order chi connectivity index (χ0) is 22.9. The lowest BCUT2D eigenvalue weighted by molar-refractivity contribution is 0.479. The van der Waals surface area contributed by atoms with Crippen molar-refractivity contribution in [3.63, 3.8) is 0 Å². The monoisotopic (exact) mass is 439 g/mol. The zero-order valence-electron chi connectivity index (χ0n) is 19.3. The summed E-state index contributed by atoms with van der Waals surface area (Å²) in [5.41, 5.74) is 9.88. The second kappa shape index (κ2) is 8.79.